The van der Waals surface area contributed by atoms with E-state index in [0.717, 1.165) is 32.5 Å². The van der Waals surface area contributed by atoms with E-state index in [1.807, 2.05) is 6.08 Å². The third kappa shape index (κ3) is 4.98. The van der Waals surface area contributed by atoms with Gasteiger partial charge in [-0.1, -0.05) is 6.08 Å². The number of aliphatic carboxylic acids is 1. The van der Waals surface area contributed by atoms with Crippen LogP contribution in [-0.4, -0.2) is 35.6 Å². The predicted molar refractivity (Wildman–Crippen MR) is 60.8 cm³/mol. The Morgan fingerprint density at radius 3 is 3.07 bits per heavy atom. The number of hydrogen-bond acceptors (Lipinski definition) is 2. The molecule has 0 radical (unpaired) electrons. The van der Waals surface area contributed by atoms with Gasteiger partial charge in [0.2, 0.25) is 0 Å². The van der Waals surface area contributed by atoms with Crippen LogP contribution in [0.1, 0.15) is 32.1 Å². The van der Waals surface area contributed by atoms with Crippen molar-refractivity contribution in [3.05, 3.63) is 12.7 Å². The molecule has 1 unspecified atom stereocenters. The van der Waals surface area contributed by atoms with Gasteiger partial charge in [-0.25, -0.2) is 0 Å². The molecular weight excluding hydrogens is 190 g/mol. The first kappa shape index (κ1) is 12.2. The third-order valence-electron chi connectivity index (χ3n) is 3.02. The molecule has 1 atom stereocenters. The van der Waals surface area contributed by atoms with E-state index in [1.165, 1.54) is 12.8 Å². The first-order valence-corrected chi connectivity index (χ1v) is 5.77. The maximum Gasteiger partial charge on any atom is 0.303 e. The molecule has 1 rings (SSSR count). The molecule has 1 aliphatic heterocycles. The summed E-state index contributed by atoms with van der Waals surface area (Å²) in [5, 5.41) is 8.59. The number of carbonyl (C=O) groups is 1. The summed E-state index contributed by atoms with van der Waals surface area (Å²) in [6.45, 7) is 7.07. The van der Waals surface area contributed by atoms with Gasteiger partial charge < -0.3 is 10.0 Å². The Morgan fingerprint density at radius 2 is 2.40 bits per heavy atom. The summed E-state index contributed by atoms with van der Waals surface area (Å²) in [5.41, 5.74) is 0. The predicted octanol–water partition coefficient (Wildman–Crippen LogP) is 2.14. The Balaban J connectivity index is 2.09. The number of nitrogens with zero attached hydrogens (tertiary/aromatic N) is 1. The van der Waals surface area contributed by atoms with Crippen molar-refractivity contribution in [1.82, 2.24) is 4.90 Å². The Morgan fingerprint density at radius 1 is 1.60 bits per heavy atom. The van der Waals surface area contributed by atoms with Crippen molar-refractivity contribution in [2.75, 3.05) is 19.6 Å². The number of rotatable bonds is 7. The van der Waals surface area contributed by atoms with Gasteiger partial charge in [-0.3, -0.25) is 4.79 Å². The summed E-state index contributed by atoms with van der Waals surface area (Å²) >= 11 is 0. The van der Waals surface area contributed by atoms with E-state index in [9.17, 15) is 4.79 Å². The van der Waals surface area contributed by atoms with E-state index in [4.69, 9.17) is 5.11 Å². The minimum absolute atomic E-state index is 0.325. The molecule has 3 nitrogen and oxygen atoms in total. The highest BCUT2D eigenvalue weighted by Gasteiger charge is 2.21. The summed E-state index contributed by atoms with van der Waals surface area (Å²) in [5.74, 6) is -0.0649. The fourth-order valence-electron chi connectivity index (χ4n) is 2.14. The number of unbranched alkanes of at least 4 members (excludes halogenated alkanes) is 1. The van der Waals surface area contributed by atoms with Crippen LogP contribution in [0.3, 0.4) is 0 Å². The molecule has 0 saturated carbocycles. The maximum atomic E-state index is 10.4. The number of likely N-dealkylation sites (tertiary alicyclic amines) is 1. The van der Waals surface area contributed by atoms with Crippen LogP contribution in [0.5, 0.6) is 0 Å². The lowest BCUT2D eigenvalue weighted by Gasteiger charge is -2.14. The average Bonchev–Trinajstić information content (AvgIpc) is 2.63. The molecular formula is C12H21NO2. The largest absolute Gasteiger partial charge is 0.481 e. The minimum Gasteiger partial charge on any atom is -0.481 e. The second-order valence-electron chi connectivity index (χ2n) is 4.32. The molecule has 1 saturated heterocycles. The Hall–Kier alpha value is -0.830. The van der Waals surface area contributed by atoms with Crippen LogP contribution in [0.4, 0.5) is 0 Å². The second kappa shape index (κ2) is 6.62. The van der Waals surface area contributed by atoms with Crippen LogP contribution in [0, 0.1) is 5.92 Å². The van der Waals surface area contributed by atoms with Crippen LogP contribution in [0.25, 0.3) is 0 Å². The Kier molecular flexibility index (Phi) is 5.40. The van der Waals surface area contributed by atoms with Gasteiger partial charge in [0.15, 0.2) is 0 Å². The van der Waals surface area contributed by atoms with Crippen molar-refractivity contribution in [3.8, 4) is 0 Å². The SMILES string of the molecule is C=CCCCN1CCC(CCC(=O)O)C1. The molecule has 1 N–H and O–H groups in total. The van der Waals surface area contributed by atoms with Gasteiger partial charge in [-0.2, -0.15) is 0 Å². The highest BCUT2D eigenvalue weighted by atomic mass is 16.4. The topological polar surface area (TPSA) is 40.5 Å². The van der Waals surface area contributed by atoms with Gasteiger partial charge >= 0.3 is 5.97 Å². The molecule has 0 aliphatic carbocycles. The Bertz CT molecular complexity index is 216. The molecule has 0 bridgehead atoms. The normalized spacial score (nSPS) is 21.7. The fourth-order valence-corrected chi connectivity index (χ4v) is 2.14. The number of hydrogen-bond donors (Lipinski definition) is 1. The molecule has 3 heteroatoms. The summed E-state index contributed by atoms with van der Waals surface area (Å²) in [6.07, 6.45) is 6.54. The summed E-state index contributed by atoms with van der Waals surface area (Å²) in [6, 6.07) is 0. The summed E-state index contributed by atoms with van der Waals surface area (Å²) in [4.78, 5) is 12.9. The molecule has 0 amide bonds. The lowest BCUT2D eigenvalue weighted by atomic mass is 10.0. The smallest absolute Gasteiger partial charge is 0.303 e. The zero-order valence-corrected chi connectivity index (χ0v) is 9.32. The van der Waals surface area contributed by atoms with E-state index in [2.05, 4.69) is 11.5 Å². The van der Waals surface area contributed by atoms with E-state index < -0.39 is 5.97 Å². The Labute approximate surface area is 91.8 Å². The fraction of sp³-hybridized carbons (Fsp3) is 0.750. The van der Waals surface area contributed by atoms with Crippen LogP contribution in [-0.2, 0) is 4.79 Å². The second-order valence-corrected chi connectivity index (χ2v) is 4.32. The highest BCUT2D eigenvalue weighted by molar-refractivity contribution is 5.66. The monoisotopic (exact) mass is 211 g/mol. The van der Waals surface area contributed by atoms with Crippen molar-refractivity contribution >= 4 is 5.97 Å². The molecule has 86 valence electrons. The zero-order valence-electron chi connectivity index (χ0n) is 9.32. The van der Waals surface area contributed by atoms with Gasteiger partial charge in [-0.05, 0) is 44.7 Å². The molecule has 1 fully saturated rings. The first-order chi connectivity index (χ1) is 7.22. The van der Waals surface area contributed by atoms with Gasteiger partial charge in [0, 0.05) is 13.0 Å². The molecule has 0 aromatic rings. The van der Waals surface area contributed by atoms with Gasteiger partial charge in [-0.15, -0.1) is 6.58 Å². The number of carboxylic acid groups (broad SMARTS) is 1. The zero-order chi connectivity index (χ0) is 11.1. The van der Waals surface area contributed by atoms with Gasteiger partial charge in [0.25, 0.3) is 0 Å². The van der Waals surface area contributed by atoms with Crippen molar-refractivity contribution < 1.29 is 9.90 Å². The molecule has 1 heterocycles. The maximum absolute atomic E-state index is 10.4. The summed E-state index contributed by atoms with van der Waals surface area (Å²) in [7, 11) is 0. The van der Waals surface area contributed by atoms with Crippen LogP contribution in [0.15, 0.2) is 12.7 Å². The quantitative estimate of drug-likeness (QED) is 0.518. The lowest BCUT2D eigenvalue weighted by molar-refractivity contribution is -0.137. The van der Waals surface area contributed by atoms with Crippen LogP contribution < -0.4 is 0 Å². The van der Waals surface area contributed by atoms with Crippen molar-refractivity contribution in [1.29, 1.82) is 0 Å². The van der Waals surface area contributed by atoms with Crippen molar-refractivity contribution in [2.24, 2.45) is 5.92 Å². The number of carboxylic acids is 1. The molecule has 1 aliphatic rings. The van der Waals surface area contributed by atoms with Crippen molar-refractivity contribution in [3.63, 3.8) is 0 Å². The van der Waals surface area contributed by atoms with Gasteiger partial charge in [0.05, 0.1) is 0 Å². The molecule has 0 aromatic heterocycles. The van der Waals surface area contributed by atoms with E-state index >= 15 is 0 Å². The minimum atomic E-state index is -0.667. The summed E-state index contributed by atoms with van der Waals surface area (Å²) < 4.78 is 0. The molecule has 0 aromatic carbocycles. The average molecular weight is 211 g/mol. The standard InChI is InChI=1S/C12H21NO2/c1-2-3-4-8-13-9-7-11(10-13)5-6-12(14)15/h2,11H,1,3-10H2,(H,14,15). The highest BCUT2D eigenvalue weighted by Crippen LogP contribution is 2.21. The third-order valence-corrected chi connectivity index (χ3v) is 3.02. The van der Waals surface area contributed by atoms with Crippen LogP contribution >= 0.6 is 0 Å². The molecule has 15 heavy (non-hydrogen) atoms. The number of allylic oxidation sites excluding steroid dienone is 1. The van der Waals surface area contributed by atoms with E-state index in [0.29, 0.717) is 12.3 Å². The van der Waals surface area contributed by atoms with E-state index in [-0.39, 0.29) is 0 Å². The first-order valence-electron chi connectivity index (χ1n) is 5.77. The van der Waals surface area contributed by atoms with E-state index in [1.54, 1.807) is 0 Å². The van der Waals surface area contributed by atoms with Crippen LogP contribution in [0.2, 0.25) is 0 Å². The lowest BCUT2D eigenvalue weighted by Crippen LogP contribution is -2.21. The van der Waals surface area contributed by atoms with Crippen molar-refractivity contribution in [2.45, 2.75) is 32.1 Å². The molecule has 0 spiro atoms. The van der Waals surface area contributed by atoms with Gasteiger partial charge in [0.1, 0.15) is 0 Å².